The van der Waals surface area contributed by atoms with Crippen molar-refractivity contribution in [2.45, 2.75) is 24.9 Å². The number of nitrogens with one attached hydrogen (secondary N) is 1. The van der Waals surface area contributed by atoms with Crippen LogP contribution in [0.3, 0.4) is 0 Å². The highest BCUT2D eigenvalue weighted by Gasteiger charge is 2.25. The predicted molar refractivity (Wildman–Crippen MR) is 108 cm³/mol. The first-order chi connectivity index (χ1) is 13.4. The van der Waals surface area contributed by atoms with E-state index in [1.165, 1.54) is 16.7 Å². The van der Waals surface area contributed by atoms with Crippen LogP contribution in [0.15, 0.2) is 73.1 Å². The molecule has 0 saturated carbocycles. The Kier molecular flexibility index (Phi) is 5.97. The standard InChI is InChI=1S/C23H27N3O/c1-3-7-20(8-4-1)23(21-9-5-2-6-10-21)15-22-18-26(13-14-27-22)12-11-19-16-24-25-17-19/h1-10,16-17,22-23H,11-15,18H2,(H,24,25). The lowest BCUT2D eigenvalue weighted by Gasteiger charge is -2.35. The summed E-state index contributed by atoms with van der Waals surface area (Å²) in [6.07, 6.45) is 6.20. The van der Waals surface area contributed by atoms with E-state index in [-0.39, 0.29) is 6.10 Å². The number of H-pyrrole nitrogens is 1. The Morgan fingerprint density at radius 2 is 1.74 bits per heavy atom. The minimum Gasteiger partial charge on any atom is -0.376 e. The van der Waals surface area contributed by atoms with Crippen LogP contribution in [-0.4, -0.2) is 47.4 Å². The monoisotopic (exact) mass is 361 g/mol. The molecule has 0 amide bonds. The van der Waals surface area contributed by atoms with Crippen LogP contribution in [0.1, 0.15) is 29.0 Å². The summed E-state index contributed by atoms with van der Waals surface area (Å²) in [5.41, 5.74) is 4.00. The second kappa shape index (κ2) is 8.98. The maximum absolute atomic E-state index is 6.16. The second-order valence-electron chi connectivity index (χ2n) is 7.26. The first kappa shape index (κ1) is 18.0. The molecular formula is C23H27N3O. The Labute approximate surface area is 161 Å². The van der Waals surface area contributed by atoms with Crippen LogP contribution in [-0.2, 0) is 11.2 Å². The quantitative estimate of drug-likeness (QED) is 0.694. The van der Waals surface area contributed by atoms with Crippen LogP contribution in [0.2, 0.25) is 0 Å². The van der Waals surface area contributed by atoms with Crippen LogP contribution in [0.25, 0.3) is 0 Å². The van der Waals surface area contributed by atoms with Crippen molar-refractivity contribution in [3.63, 3.8) is 0 Å². The first-order valence-corrected chi connectivity index (χ1v) is 9.80. The van der Waals surface area contributed by atoms with E-state index >= 15 is 0 Å². The summed E-state index contributed by atoms with van der Waals surface area (Å²) in [7, 11) is 0. The van der Waals surface area contributed by atoms with E-state index in [1.807, 2.05) is 12.4 Å². The molecule has 4 nitrogen and oxygen atoms in total. The van der Waals surface area contributed by atoms with E-state index in [0.717, 1.165) is 39.1 Å². The van der Waals surface area contributed by atoms with Gasteiger partial charge in [0.25, 0.3) is 0 Å². The normalized spacial score (nSPS) is 18.0. The molecule has 1 aliphatic rings. The Balaban J connectivity index is 1.43. The molecule has 27 heavy (non-hydrogen) atoms. The first-order valence-electron chi connectivity index (χ1n) is 9.80. The van der Waals surface area contributed by atoms with Crippen molar-refractivity contribution in [3.8, 4) is 0 Å². The minimum absolute atomic E-state index is 0.258. The van der Waals surface area contributed by atoms with E-state index in [0.29, 0.717) is 5.92 Å². The van der Waals surface area contributed by atoms with Gasteiger partial charge in [-0.1, -0.05) is 60.7 Å². The number of hydrogen-bond acceptors (Lipinski definition) is 3. The molecule has 1 aliphatic heterocycles. The fourth-order valence-electron chi connectivity index (χ4n) is 3.93. The van der Waals surface area contributed by atoms with Gasteiger partial charge in [-0.25, -0.2) is 0 Å². The van der Waals surface area contributed by atoms with Crippen molar-refractivity contribution >= 4 is 0 Å². The highest BCUT2D eigenvalue weighted by molar-refractivity contribution is 5.32. The van der Waals surface area contributed by atoms with Crippen molar-refractivity contribution in [2.75, 3.05) is 26.2 Å². The molecule has 0 bridgehead atoms. The summed E-state index contributed by atoms with van der Waals surface area (Å²) in [5.74, 6) is 0.367. The van der Waals surface area contributed by atoms with Gasteiger partial charge in [0, 0.05) is 31.7 Å². The summed E-state index contributed by atoms with van der Waals surface area (Å²) < 4.78 is 6.16. The number of benzene rings is 2. The minimum atomic E-state index is 0.258. The topological polar surface area (TPSA) is 41.2 Å². The summed E-state index contributed by atoms with van der Waals surface area (Å²) in [4.78, 5) is 2.52. The van der Waals surface area contributed by atoms with Crippen LogP contribution in [0.4, 0.5) is 0 Å². The Morgan fingerprint density at radius 3 is 2.37 bits per heavy atom. The summed E-state index contributed by atoms with van der Waals surface area (Å²) in [5, 5.41) is 6.93. The third-order valence-electron chi connectivity index (χ3n) is 5.40. The number of morpholine rings is 1. The lowest BCUT2D eigenvalue weighted by molar-refractivity contribution is -0.0332. The molecule has 4 heteroatoms. The lowest BCUT2D eigenvalue weighted by atomic mass is 9.86. The van der Waals surface area contributed by atoms with Gasteiger partial charge in [0.1, 0.15) is 0 Å². The van der Waals surface area contributed by atoms with Crippen molar-refractivity contribution in [2.24, 2.45) is 0 Å². The number of rotatable bonds is 7. The molecule has 0 spiro atoms. The molecule has 1 N–H and O–H groups in total. The van der Waals surface area contributed by atoms with Crippen LogP contribution in [0, 0.1) is 0 Å². The average molecular weight is 361 g/mol. The van der Waals surface area contributed by atoms with Crippen LogP contribution in [0.5, 0.6) is 0 Å². The molecule has 1 unspecified atom stereocenters. The lowest BCUT2D eigenvalue weighted by Crippen LogP contribution is -2.43. The number of aromatic nitrogens is 2. The van der Waals surface area contributed by atoms with E-state index < -0.39 is 0 Å². The van der Waals surface area contributed by atoms with Crippen molar-refractivity contribution in [1.82, 2.24) is 15.1 Å². The number of aromatic amines is 1. The fraction of sp³-hybridized carbons (Fsp3) is 0.348. The average Bonchev–Trinajstić information content (AvgIpc) is 3.26. The molecule has 1 aromatic heterocycles. The molecule has 1 atom stereocenters. The van der Waals surface area contributed by atoms with Gasteiger partial charge in [0.15, 0.2) is 0 Å². The van der Waals surface area contributed by atoms with Gasteiger partial charge in [0.2, 0.25) is 0 Å². The molecule has 1 fully saturated rings. The highest BCUT2D eigenvalue weighted by Crippen LogP contribution is 2.30. The van der Waals surface area contributed by atoms with Gasteiger partial charge in [0.05, 0.1) is 18.9 Å². The van der Waals surface area contributed by atoms with Crippen LogP contribution >= 0.6 is 0 Å². The zero-order chi connectivity index (χ0) is 18.3. The van der Waals surface area contributed by atoms with Crippen molar-refractivity contribution in [3.05, 3.63) is 89.7 Å². The molecule has 140 valence electrons. The Hall–Kier alpha value is -2.43. The van der Waals surface area contributed by atoms with Gasteiger partial charge in [-0.05, 0) is 29.5 Å². The maximum Gasteiger partial charge on any atom is 0.0711 e. The van der Waals surface area contributed by atoms with Crippen LogP contribution < -0.4 is 0 Å². The van der Waals surface area contributed by atoms with Gasteiger partial charge in [-0.15, -0.1) is 0 Å². The molecule has 2 aromatic carbocycles. The number of nitrogens with zero attached hydrogens (tertiary/aromatic N) is 2. The molecular weight excluding hydrogens is 334 g/mol. The third kappa shape index (κ3) is 4.85. The van der Waals surface area contributed by atoms with E-state index in [4.69, 9.17) is 4.74 Å². The van der Waals surface area contributed by atoms with Crippen molar-refractivity contribution in [1.29, 1.82) is 0 Å². The van der Waals surface area contributed by atoms with E-state index in [9.17, 15) is 0 Å². The molecule has 3 aromatic rings. The van der Waals surface area contributed by atoms with Gasteiger partial charge >= 0.3 is 0 Å². The third-order valence-corrected chi connectivity index (χ3v) is 5.40. The fourth-order valence-corrected chi connectivity index (χ4v) is 3.93. The zero-order valence-electron chi connectivity index (χ0n) is 15.6. The van der Waals surface area contributed by atoms with Gasteiger partial charge in [-0.2, -0.15) is 5.10 Å². The Bertz CT molecular complexity index is 750. The zero-order valence-corrected chi connectivity index (χ0v) is 15.6. The summed E-state index contributed by atoms with van der Waals surface area (Å²) >= 11 is 0. The molecule has 4 rings (SSSR count). The second-order valence-corrected chi connectivity index (χ2v) is 7.26. The SMILES string of the molecule is c1ccc(C(CC2CN(CCc3cn[nH]c3)CCO2)c2ccccc2)cc1. The smallest absolute Gasteiger partial charge is 0.0711 e. The molecule has 0 aliphatic carbocycles. The van der Waals surface area contributed by atoms with Gasteiger partial charge < -0.3 is 4.74 Å². The summed E-state index contributed by atoms with van der Waals surface area (Å²) in [6.45, 7) is 3.87. The molecule has 2 heterocycles. The number of ether oxygens (including phenoxy) is 1. The highest BCUT2D eigenvalue weighted by atomic mass is 16.5. The Morgan fingerprint density at radius 1 is 1.04 bits per heavy atom. The van der Waals surface area contributed by atoms with Gasteiger partial charge in [-0.3, -0.25) is 10.00 Å². The largest absolute Gasteiger partial charge is 0.376 e. The predicted octanol–water partition coefficient (Wildman–Crippen LogP) is 3.88. The maximum atomic E-state index is 6.16. The summed E-state index contributed by atoms with van der Waals surface area (Å²) in [6, 6.07) is 21.6. The van der Waals surface area contributed by atoms with E-state index in [2.05, 4.69) is 75.8 Å². The van der Waals surface area contributed by atoms with E-state index in [1.54, 1.807) is 0 Å². The molecule has 0 radical (unpaired) electrons. The van der Waals surface area contributed by atoms with Crippen molar-refractivity contribution < 1.29 is 4.74 Å². The molecule has 1 saturated heterocycles. The number of hydrogen-bond donors (Lipinski definition) is 1.